The lowest BCUT2D eigenvalue weighted by atomic mass is 10.7. The second-order valence-corrected chi connectivity index (χ2v) is 4.12. The fourth-order valence-corrected chi connectivity index (χ4v) is 2.30. The summed E-state index contributed by atoms with van der Waals surface area (Å²) >= 11 is 3.31. The van der Waals surface area contributed by atoms with Crippen molar-refractivity contribution in [3.8, 4) is 0 Å². The predicted molar refractivity (Wildman–Crippen MR) is 47.0 cm³/mol. The highest BCUT2D eigenvalue weighted by atomic mass is 32.2. The molecule has 0 fully saturated rings. The zero-order valence-electron chi connectivity index (χ0n) is 5.65. The maximum Gasteiger partial charge on any atom is 0.155 e. The summed E-state index contributed by atoms with van der Waals surface area (Å²) < 4.78 is 1.08. The van der Waals surface area contributed by atoms with Gasteiger partial charge in [-0.05, 0) is 23.9 Å². The number of hydrogen-bond acceptors (Lipinski definition) is 3. The average molecular weight is 182 g/mol. The number of hydrogen-bond donors (Lipinski definition) is 1. The van der Waals surface area contributed by atoms with Gasteiger partial charge in [0.05, 0.1) is 5.03 Å². The molecule has 56 valence electrons. The van der Waals surface area contributed by atoms with Crippen molar-refractivity contribution in [1.29, 1.82) is 0 Å². The fourth-order valence-electron chi connectivity index (χ4n) is 0.732. The van der Waals surface area contributed by atoms with Gasteiger partial charge in [0.25, 0.3) is 0 Å². The van der Waals surface area contributed by atoms with Crippen molar-refractivity contribution < 1.29 is 0 Å². The number of nitrogens with zero attached hydrogens (tertiary/aromatic N) is 1. The Morgan fingerprint density at radius 1 is 1.55 bits per heavy atom. The third-order valence-corrected chi connectivity index (χ3v) is 3.03. The molecule has 0 atom stereocenters. The Labute approximate surface area is 72.7 Å². The first kappa shape index (κ1) is 6.94. The molecule has 0 amide bonds. The molecule has 0 saturated carbocycles. The third kappa shape index (κ3) is 1.64. The maximum atomic E-state index is 4.15. The van der Waals surface area contributed by atoms with Gasteiger partial charge in [0.15, 0.2) is 4.34 Å². The van der Waals surface area contributed by atoms with Gasteiger partial charge in [-0.2, -0.15) is 0 Å². The molecule has 0 saturated heterocycles. The van der Waals surface area contributed by atoms with Crippen molar-refractivity contribution in [2.24, 2.45) is 0 Å². The lowest BCUT2D eigenvalue weighted by Gasteiger charge is -1.89. The molecular formula is C7H6N2S2. The van der Waals surface area contributed by atoms with Gasteiger partial charge in [0.2, 0.25) is 0 Å². The van der Waals surface area contributed by atoms with Crippen LogP contribution in [0.25, 0.3) is 0 Å². The van der Waals surface area contributed by atoms with Gasteiger partial charge in [-0.1, -0.05) is 0 Å². The Morgan fingerprint density at radius 2 is 2.55 bits per heavy atom. The molecule has 0 spiro atoms. The molecule has 0 radical (unpaired) electrons. The molecule has 4 heteroatoms. The minimum absolute atomic E-state index is 1.08. The topological polar surface area (TPSA) is 28.7 Å². The molecule has 2 rings (SSSR count). The molecular weight excluding hydrogens is 176 g/mol. The van der Waals surface area contributed by atoms with Gasteiger partial charge in [0, 0.05) is 17.8 Å². The van der Waals surface area contributed by atoms with E-state index >= 15 is 0 Å². The summed E-state index contributed by atoms with van der Waals surface area (Å²) in [5.74, 6) is 0. The van der Waals surface area contributed by atoms with Crippen LogP contribution in [0.2, 0.25) is 0 Å². The molecule has 0 bridgehead atoms. The number of rotatable bonds is 2. The lowest BCUT2D eigenvalue weighted by molar-refractivity contribution is 1.18. The van der Waals surface area contributed by atoms with Crippen LogP contribution >= 0.6 is 23.1 Å². The standard InChI is InChI=1S/C7H6N2S2/c1-2-6(8-3-1)11-7-9-4-5-10-7/h1-5,8H. The van der Waals surface area contributed by atoms with Crippen LogP contribution in [0.3, 0.4) is 0 Å². The van der Waals surface area contributed by atoms with Crippen LogP contribution in [-0.2, 0) is 0 Å². The van der Waals surface area contributed by atoms with Crippen molar-refractivity contribution >= 4 is 23.1 Å². The van der Waals surface area contributed by atoms with Crippen LogP contribution in [0.4, 0.5) is 0 Å². The molecule has 1 N–H and O–H groups in total. The first-order chi connectivity index (χ1) is 5.45. The first-order valence-corrected chi connectivity index (χ1v) is 4.85. The summed E-state index contributed by atoms with van der Waals surface area (Å²) in [6.45, 7) is 0. The van der Waals surface area contributed by atoms with E-state index in [9.17, 15) is 0 Å². The van der Waals surface area contributed by atoms with Gasteiger partial charge in [-0.15, -0.1) is 11.3 Å². The molecule has 2 aromatic heterocycles. The molecule has 0 aliphatic carbocycles. The second-order valence-electron chi connectivity index (χ2n) is 1.93. The quantitative estimate of drug-likeness (QED) is 0.773. The monoisotopic (exact) mass is 182 g/mol. The Balaban J connectivity index is 2.14. The van der Waals surface area contributed by atoms with Gasteiger partial charge < -0.3 is 4.98 Å². The normalized spacial score (nSPS) is 10.2. The Kier molecular flexibility index (Phi) is 1.96. The van der Waals surface area contributed by atoms with E-state index in [2.05, 4.69) is 9.97 Å². The molecule has 0 aliphatic rings. The largest absolute Gasteiger partial charge is 0.356 e. The van der Waals surface area contributed by atoms with Crippen molar-refractivity contribution in [2.45, 2.75) is 9.37 Å². The number of nitrogens with one attached hydrogen (secondary N) is 1. The van der Waals surface area contributed by atoms with E-state index in [-0.39, 0.29) is 0 Å². The Hall–Kier alpha value is -0.740. The van der Waals surface area contributed by atoms with Gasteiger partial charge in [-0.3, -0.25) is 0 Å². The van der Waals surface area contributed by atoms with E-state index in [1.54, 1.807) is 23.1 Å². The highest BCUT2D eigenvalue weighted by Crippen LogP contribution is 2.27. The van der Waals surface area contributed by atoms with Crippen LogP contribution in [0.1, 0.15) is 0 Å². The van der Waals surface area contributed by atoms with Crippen LogP contribution in [0.15, 0.2) is 39.3 Å². The van der Waals surface area contributed by atoms with Crippen molar-refractivity contribution in [3.05, 3.63) is 29.9 Å². The molecule has 2 heterocycles. The van der Waals surface area contributed by atoms with Crippen molar-refractivity contribution in [3.63, 3.8) is 0 Å². The highest BCUT2D eigenvalue weighted by molar-refractivity contribution is 8.00. The molecule has 2 aromatic rings. The Morgan fingerprint density at radius 3 is 3.18 bits per heavy atom. The molecule has 0 unspecified atom stereocenters. The average Bonchev–Trinajstić information content (AvgIpc) is 2.60. The van der Waals surface area contributed by atoms with E-state index in [1.807, 2.05) is 29.9 Å². The van der Waals surface area contributed by atoms with Crippen molar-refractivity contribution in [2.75, 3.05) is 0 Å². The van der Waals surface area contributed by atoms with Gasteiger partial charge in [-0.25, -0.2) is 4.98 Å². The zero-order chi connectivity index (χ0) is 7.52. The minimum atomic E-state index is 1.08. The zero-order valence-corrected chi connectivity index (χ0v) is 7.28. The maximum absolute atomic E-state index is 4.15. The van der Waals surface area contributed by atoms with Crippen LogP contribution in [0, 0.1) is 0 Å². The molecule has 0 aromatic carbocycles. The summed E-state index contributed by atoms with van der Waals surface area (Å²) in [4.78, 5) is 7.26. The minimum Gasteiger partial charge on any atom is -0.356 e. The summed E-state index contributed by atoms with van der Waals surface area (Å²) in [6, 6.07) is 4.02. The summed E-state index contributed by atoms with van der Waals surface area (Å²) in [5, 5.41) is 3.12. The number of H-pyrrole nitrogens is 1. The van der Waals surface area contributed by atoms with E-state index in [1.165, 1.54) is 0 Å². The number of aromatic nitrogens is 2. The third-order valence-electron chi connectivity index (χ3n) is 1.18. The van der Waals surface area contributed by atoms with Crippen LogP contribution in [-0.4, -0.2) is 9.97 Å². The van der Waals surface area contributed by atoms with E-state index < -0.39 is 0 Å². The lowest BCUT2D eigenvalue weighted by Crippen LogP contribution is -1.67. The van der Waals surface area contributed by atoms with Crippen LogP contribution < -0.4 is 0 Å². The number of aromatic amines is 1. The van der Waals surface area contributed by atoms with Crippen molar-refractivity contribution in [1.82, 2.24) is 9.97 Å². The van der Waals surface area contributed by atoms with E-state index in [4.69, 9.17) is 0 Å². The number of thiazole rings is 1. The second kappa shape index (κ2) is 3.11. The summed E-state index contributed by atoms with van der Waals surface area (Å²) in [7, 11) is 0. The fraction of sp³-hybridized carbons (Fsp3) is 0. The highest BCUT2D eigenvalue weighted by Gasteiger charge is 1.97. The Bertz CT molecular complexity index is 267. The first-order valence-electron chi connectivity index (χ1n) is 3.16. The SMILES string of the molecule is c1c[nH]c(Sc2nccs2)c1. The summed E-state index contributed by atoms with van der Waals surface area (Å²) in [6.07, 6.45) is 3.73. The molecule has 0 aliphatic heterocycles. The smallest absolute Gasteiger partial charge is 0.155 e. The molecule has 2 nitrogen and oxygen atoms in total. The molecule has 11 heavy (non-hydrogen) atoms. The van der Waals surface area contributed by atoms with Gasteiger partial charge in [0.1, 0.15) is 0 Å². The summed E-state index contributed by atoms with van der Waals surface area (Å²) in [5.41, 5.74) is 0. The van der Waals surface area contributed by atoms with Crippen LogP contribution in [0.5, 0.6) is 0 Å². The predicted octanol–water partition coefficient (Wildman–Crippen LogP) is 2.62. The van der Waals surface area contributed by atoms with E-state index in [0.29, 0.717) is 0 Å². The van der Waals surface area contributed by atoms with Gasteiger partial charge >= 0.3 is 0 Å². The van der Waals surface area contributed by atoms with E-state index in [0.717, 1.165) is 9.37 Å².